The Morgan fingerprint density at radius 2 is 0.783 bits per heavy atom. The Hall–Kier alpha value is -4.60. The van der Waals surface area contributed by atoms with E-state index in [1.165, 1.54) is 89.9 Å². The van der Waals surface area contributed by atoms with E-state index in [4.69, 9.17) is 0 Å². The van der Waals surface area contributed by atoms with E-state index in [1.54, 1.807) is 0 Å². The molecule has 5 rings (SSSR count). The molecule has 0 unspecified atom stereocenters. The molecule has 0 aliphatic carbocycles. The van der Waals surface area contributed by atoms with Crippen molar-refractivity contribution in [3.8, 4) is 24.3 Å². The van der Waals surface area contributed by atoms with Crippen LogP contribution in [0.1, 0.15) is 151 Å². The molecular weight excluding hydrogens is 868 g/mol. The molecule has 0 saturated carbocycles. The van der Waals surface area contributed by atoms with Crippen LogP contribution in [-0.4, -0.2) is 23.7 Å². The van der Waals surface area contributed by atoms with Crippen LogP contribution in [0.5, 0.6) is 0 Å². The van der Waals surface area contributed by atoms with E-state index in [2.05, 4.69) is 102 Å². The maximum atomic E-state index is 10.4. The van der Waals surface area contributed by atoms with Crippen molar-refractivity contribution in [3.63, 3.8) is 0 Å². The molecule has 0 fully saturated rings. The predicted molar refractivity (Wildman–Crippen MR) is 257 cm³/mol. The molecule has 60 heavy (non-hydrogen) atoms. The van der Waals surface area contributed by atoms with Gasteiger partial charge in [0.25, 0.3) is 0 Å². The second-order valence-electron chi connectivity index (χ2n) is 16.0. The van der Waals surface area contributed by atoms with Crippen LogP contribution in [0.2, 0.25) is 0 Å². The number of fused-ring (bicyclic) bond motifs is 4. The van der Waals surface area contributed by atoms with Gasteiger partial charge in [-0.15, -0.1) is 0 Å². The quantitative estimate of drug-likeness (QED) is 0.0363. The van der Waals surface area contributed by atoms with Crippen molar-refractivity contribution in [3.05, 3.63) is 106 Å². The Balaban J connectivity index is 1.42. The van der Waals surface area contributed by atoms with E-state index in [0.29, 0.717) is 11.1 Å². The summed E-state index contributed by atoms with van der Waals surface area (Å²) in [5, 5.41) is 43.6. The van der Waals surface area contributed by atoms with Crippen LogP contribution >= 0.6 is 31.9 Å². The summed E-state index contributed by atoms with van der Waals surface area (Å²) in [4.78, 5) is 4.68. The lowest BCUT2D eigenvalue weighted by Crippen LogP contribution is -2.28. The predicted octanol–water partition coefficient (Wildman–Crippen LogP) is 15.4. The first-order valence-corrected chi connectivity index (χ1v) is 24.7. The van der Waals surface area contributed by atoms with Gasteiger partial charge in [-0.2, -0.15) is 21.0 Å². The minimum absolute atomic E-state index is 0.0779. The molecule has 0 amide bonds. The van der Waals surface area contributed by atoms with Gasteiger partial charge < -0.3 is 9.80 Å². The van der Waals surface area contributed by atoms with Gasteiger partial charge in [0, 0.05) is 79.9 Å². The van der Waals surface area contributed by atoms with Crippen LogP contribution in [-0.2, 0) is 0 Å². The summed E-state index contributed by atoms with van der Waals surface area (Å²) in [6.45, 7) is 1.54. The van der Waals surface area contributed by atoms with Crippen LogP contribution in [0.4, 0.5) is 22.7 Å². The lowest BCUT2D eigenvalue weighted by atomic mass is 9.81. The summed E-state index contributed by atoms with van der Waals surface area (Å²) >= 11 is 7.01. The molecule has 2 heterocycles. The average Bonchev–Trinajstić information content (AvgIpc) is 3.28. The summed E-state index contributed by atoms with van der Waals surface area (Å²) in [5.74, 6) is 0. The first kappa shape index (κ1) is 46.5. The van der Waals surface area contributed by atoms with Crippen LogP contribution in [0.25, 0.3) is 11.1 Å². The van der Waals surface area contributed by atoms with E-state index in [-0.39, 0.29) is 11.1 Å². The van der Waals surface area contributed by atoms with E-state index >= 15 is 0 Å². The normalized spacial score (nSPS) is 12.5. The van der Waals surface area contributed by atoms with Crippen LogP contribution in [0, 0.1) is 45.3 Å². The zero-order valence-corrected chi connectivity index (χ0v) is 38.5. The summed E-state index contributed by atoms with van der Waals surface area (Å²) in [6.07, 6.45) is 28.8. The van der Waals surface area contributed by atoms with Gasteiger partial charge in [-0.05, 0) is 62.8 Å². The lowest BCUT2D eigenvalue weighted by Gasteiger charge is -2.39. The Morgan fingerprint density at radius 3 is 1.18 bits per heavy atom. The third-order valence-electron chi connectivity index (χ3n) is 11.8. The molecule has 0 bridgehead atoms. The fourth-order valence-corrected chi connectivity index (χ4v) is 9.44. The van der Waals surface area contributed by atoms with Crippen LogP contribution < -0.4 is 9.80 Å². The number of nitriles is 4. The first-order chi connectivity index (χ1) is 29.6. The topological polar surface area (TPSA) is 102 Å². The molecular formula is C52H60Br2N6. The van der Waals surface area contributed by atoms with Crippen molar-refractivity contribution in [2.45, 2.75) is 128 Å². The number of para-hydroxylation sites is 2. The summed E-state index contributed by atoms with van der Waals surface area (Å²) in [6, 6.07) is 29.4. The number of hydrogen-bond donors (Lipinski definition) is 0. The van der Waals surface area contributed by atoms with Gasteiger partial charge in [-0.25, -0.2) is 0 Å². The van der Waals surface area contributed by atoms with Crippen molar-refractivity contribution < 1.29 is 0 Å². The molecule has 0 atom stereocenters. The smallest absolute Gasteiger partial charge is 0.138 e. The Morgan fingerprint density at radius 1 is 0.417 bits per heavy atom. The molecule has 0 aromatic heterocycles. The Kier molecular flexibility index (Phi) is 20.1. The minimum Gasteiger partial charge on any atom is -0.340 e. The van der Waals surface area contributed by atoms with E-state index in [1.807, 2.05) is 36.4 Å². The second-order valence-corrected chi connectivity index (χ2v) is 17.5. The molecule has 312 valence electrons. The molecule has 0 saturated heterocycles. The molecule has 2 aliphatic rings. The molecule has 0 N–H and O–H groups in total. The highest BCUT2D eigenvalue weighted by molar-refractivity contribution is 9.09. The third-order valence-corrected chi connectivity index (χ3v) is 12.8. The molecule has 6 nitrogen and oxygen atoms in total. The van der Waals surface area contributed by atoms with Crippen molar-refractivity contribution in [2.75, 3.05) is 33.5 Å². The number of anilines is 4. The molecule has 3 aromatic carbocycles. The average molecular weight is 929 g/mol. The van der Waals surface area contributed by atoms with Gasteiger partial charge in [0.2, 0.25) is 0 Å². The number of rotatable bonds is 25. The number of unbranched alkanes of at least 4 members (excludes halogenated alkanes) is 17. The van der Waals surface area contributed by atoms with Crippen molar-refractivity contribution in [1.82, 2.24) is 0 Å². The zero-order valence-electron chi connectivity index (χ0n) is 35.3. The number of benzene rings is 3. The third kappa shape index (κ3) is 12.3. The molecule has 8 heteroatoms. The van der Waals surface area contributed by atoms with E-state index in [9.17, 15) is 21.0 Å². The second kappa shape index (κ2) is 25.9. The number of allylic oxidation sites excluding steroid dienone is 4. The summed E-state index contributed by atoms with van der Waals surface area (Å²) in [7, 11) is 0. The molecule has 3 aromatic rings. The number of nitrogens with zero attached hydrogens (tertiary/aromatic N) is 6. The van der Waals surface area contributed by atoms with Gasteiger partial charge in [0.15, 0.2) is 0 Å². The highest BCUT2D eigenvalue weighted by atomic mass is 79.9. The largest absolute Gasteiger partial charge is 0.340 e. The van der Waals surface area contributed by atoms with Crippen LogP contribution in [0.15, 0.2) is 84.0 Å². The monoisotopic (exact) mass is 926 g/mol. The zero-order chi connectivity index (χ0) is 42.4. The maximum absolute atomic E-state index is 10.4. The van der Waals surface area contributed by atoms with E-state index in [0.717, 1.165) is 107 Å². The van der Waals surface area contributed by atoms with Gasteiger partial charge in [-0.3, -0.25) is 0 Å². The lowest BCUT2D eigenvalue weighted by molar-refractivity contribution is 0.551. The summed E-state index contributed by atoms with van der Waals surface area (Å²) in [5.41, 5.74) is 8.58. The van der Waals surface area contributed by atoms with Gasteiger partial charge in [0.05, 0.1) is 0 Å². The highest BCUT2D eigenvalue weighted by Gasteiger charge is 2.35. The van der Waals surface area contributed by atoms with Crippen molar-refractivity contribution in [1.29, 1.82) is 21.0 Å². The SMILES string of the molecule is N#CC(C#N)=C1c2ccccc2N(CCCCCCCCC/C=C/CCBr)c2cc3c(cc21)N(CCCCCCCCCCCCCBr)c1ccccc1C3=C(C#N)C#N. The van der Waals surface area contributed by atoms with Crippen LogP contribution in [0.3, 0.4) is 0 Å². The Bertz CT molecular complexity index is 2110. The number of hydrogen-bond acceptors (Lipinski definition) is 6. The maximum Gasteiger partial charge on any atom is 0.138 e. The summed E-state index contributed by atoms with van der Waals surface area (Å²) < 4.78 is 0. The fourth-order valence-electron chi connectivity index (χ4n) is 8.78. The minimum atomic E-state index is 0.0779. The first-order valence-electron chi connectivity index (χ1n) is 22.4. The van der Waals surface area contributed by atoms with Gasteiger partial charge >= 0.3 is 0 Å². The Labute approximate surface area is 377 Å². The highest BCUT2D eigenvalue weighted by Crippen LogP contribution is 2.53. The van der Waals surface area contributed by atoms with Crippen molar-refractivity contribution in [2.24, 2.45) is 0 Å². The molecule has 2 aliphatic heterocycles. The van der Waals surface area contributed by atoms with Gasteiger partial charge in [-0.1, -0.05) is 170 Å². The fraction of sp³-hybridized carbons (Fsp3) is 0.462. The molecule has 0 spiro atoms. The standard InChI is InChI=1S/C52H60Br2N6/c53-31-23-15-11-7-3-1-5-9-13-17-25-33-59-47-29-21-19-27-43(47)51(41(37-55)38-56)45-36-50-46(35-49(45)59)52(42(39-57)40-58)44-28-20-22-30-48(44)60(50)34-26-18-14-10-6-2-4-8-12-16-24-32-54/h11,15,19-22,27-30,35-36H,1-10,12-14,16-18,23-26,31-34H2/b15-11+. The number of alkyl halides is 2. The molecule has 0 radical (unpaired) electrons. The number of halogens is 2. The van der Waals surface area contributed by atoms with E-state index < -0.39 is 0 Å². The van der Waals surface area contributed by atoms with Gasteiger partial charge in [0.1, 0.15) is 35.4 Å². The van der Waals surface area contributed by atoms with Crippen molar-refractivity contribution >= 4 is 65.8 Å².